The first kappa shape index (κ1) is 16.4. The van der Waals surface area contributed by atoms with Gasteiger partial charge in [-0.25, -0.2) is 13.1 Å². The van der Waals surface area contributed by atoms with Crippen molar-refractivity contribution >= 4 is 10.0 Å². The lowest BCUT2D eigenvalue weighted by Crippen LogP contribution is -2.24. The third-order valence-corrected chi connectivity index (χ3v) is 5.09. The number of aromatic nitrogens is 2. The van der Waals surface area contributed by atoms with E-state index < -0.39 is 10.0 Å². The zero-order valence-electron chi connectivity index (χ0n) is 13.4. The largest absolute Gasteiger partial charge is 0.419 e. The van der Waals surface area contributed by atoms with Gasteiger partial charge < -0.3 is 4.42 Å². The molecule has 1 aromatic heterocycles. The van der Waals surface area contributed by atoms with E-state index >= 15 is 0 Å². The molecule has 0 atom stereocenters. The maximum atomic E-state index is 12.3. The monoisotopic (exact) mass is 343 g/mol. The molecule has 0 aliphatic carbocycles. The second-order valence-corrected chi connectivity index (χ2v) is 7.20. The average molecular weight is 343 g/mol. The van der Waals surface area contributed by atoms with Crippen LogP contribution in [0, 0.1) is 13.8 Å². The van der Waals surface area contributed by atoms with Gasteiger partial charge >= 0.3 is 0 Å². The van der Waals surface area contributed by atoms with Crippen molar-refractivity contribution in [2.75, 3.05) is 0 Å². The molecule has 0 unspecified atom stereocenters. The highest BCUT2D eigenvalue weighted by Gasteiger charge is 2.17. The Hall–Kier alpha value is -2.51. The van der Waals surface area contributed by atoms with Crippen LogP contribution in [0.25, 0.3) is 11.5 Å². The van der Waals surface area contributed by atoms with Crippen molar-refractivity contribution in [1.82, 2.24) is 14.9 Å². The van der Waals surface area contributed by atoms with Crippen molar-refractivity contribution in [3.63, 3.8) is 0 Å². The lowest BCUT2D eigenvalue weighted by Gasteiger charge is -2.07. The Morgan fingerprint density at radius 1 is 1.04 bits per heavy atom. The van der Waals surface area contributed by atoms with E-state index in [1.807, 2.05) is 31.2 Å². The minimum Gasteiger partial charge on any atom is -0.419 e. The first-order valence-electron chi connectivity index (χ1n) is 7.40. The molecule has 2 aromatic carbocycles. The lowest BCUT2D eigenvalue weighted by molar-refractivity contribution is 0.494. The van der Waals surface area contributed by atoms with Crippen LogP contribution >= 0.6 is 0 Å². The van der Waals surface area contributed by atoms with Crippen LogP contribution < -0.4 is 4.72 Å². The first-order chi connectivity index (χ1) is 11.5. The third-order valence-electron chi connectivity index (χ3n) is 3.53. The maximum Gasteiger partial charge on any atom is 0.247 e. The van der Waals surface area contributed by atoms with Crippen molar-refractivity contribution < 1.29 is 12.8 Å². The predicted molar refractivity (Wildman–Crippen MR) is 89.7 cm³/mol. The molecule has 0 aliphatic rings. The average Bonchev–Trinajstić information content (AvgIpc) is 3.02. The Balaban J connectivity index is 1.75. The minimum absolute atomic E-state index is 0.0600. The van der Waals surface area contributed by atoms with E-state index in [2.05, 4.69) is 14.9 Å². The van der Waals surface area contributed by atoms with Gasteiger partial charge in [-0.1, -0.05) is 35.9 Å². The molecule has 0 bridgehead atoms. The summed E-state index contributed by atoms with van der Waals surface area (Å²) >= 11 is 0. The van der Waals surface area contributed by atoms with Gasteiger partial charge in [0.1, 0.15) is 0 Å². The number of benzene rings is 2. The second-order valence-electron chi connectivity index (χ2n) is 5.46. The van der Waals surface area contributed by atoms with Gasteiger partial charge in [0, 0.05) is 5.56 Å². The van der Waals surface area contributed by atoms with Gasteiger partial charge in [0.2, 0.25) is 21.8 Å². The van der Waals surface area contributed by atoms with Crippen LogP contribution in [0.3, 0.4) is 0 Å². The van der Waals surface area contributed by atoms with Crippen LogP contribution in [-0.2, 0) is 16.6 Å². The minimum atomic E-state index is -3.63. The zero-order valence-corrected chi connectivity index (χ0v) is 14.2. The van der Waals surface area contributed by atoms with Gasteiger partial charge in [0.25, 0.3) is 0 Å². The van der Waals surface area contributed by atoms with Crippen LogP contribution in [0.15, 0.2) is 57.8 Å². The Labute approximate surface area is 140 Å². The Kier molecular flexibility index (Phi) is 4.46. The van der Waals surface area contributed by atoms with Crippen LogP contribution in [0.4, 0.5) is 0 Å². The Morgan fingerprint density at radius 3 is 2.58 bits per heavy atom. The molecule has 0 amide bonds. The van der Waals surface area contributed by atoms with E-state index in [1.165, 1.54) is 0 Å². The number of hydrogen-bond acceptors (Lipinski definition) is 5. The maximum absolute atomic E-state index is 12.3. The summed E-state index contributed by atoms with van der Waals surface area (Å²) in [7, 11) is -3.63. The van der Waals surface area contributed by atoms with E-state index in [1.54, 1.807) is 31.2 Å². The number of rotatable bonds is 5. The van der Waals surface area contributed by atoms with Crippen molar-refractivity contribution in [2.45, 2.75) is 25.3 Å². The summed E-state index contributed by atoms with van der Waals surface area (Å²) in [6.07, 6.45) is 0. The highest BCUT2D eigenvalue weighted by atomic mass is 32.2. The van der Waals surface area contributed by atoms with Crippen LogP contribution in [0.2, 0.25) is 0 Å². The highest BCUT2D eigenvalue weighted by molar-refractivity contribution is 7.89. The molecule has 3 aromatic rings. The number of sulfonamides is 1. The topological polar surface area (TPSA) is 85.1 Å². The van der Waals surface area contributed by atoms with Gasteiger partial charge in [0.05, 0.1) is 11.4 Å². The van der Waals surface area contributed by atoms with Crippen LogP contribution in [0.1, 0.15) is 17.0 Å². The van der Waals surface area contributed by atoms with Gasteiger partial charge in [0.15, 0.2) is 0 Å². The molecule has 0 radical (unpaired) electrons. The summed E-state index contributed by atoms with van der Waals surface area (Å²) < 4.78 is 32.7. The Bertz CT molecular complexity index is 964. The molecule has 24 heavy (non-hydrogen) atoms. The third kappa shape index (κ3) is 3.52. The van der Waals surface area contributed by atoms with Crippen molar-refractivity contribution in [1.29, 1.82) is 0 Å². The smallest absolute Gasteiger partial charge is 0.247 e. The molecule has 0 aliphatic heterocycles. The van der Waals surface area contributed by atoms with E-state index in [9.17, 15) is 8.42 Å². The molecule has 1 N–H and O–H groups in total. The van der Waals surface area contributed by atoms with Crippen molar-refractivity contribution in [2.24, 2.45) is 0 Å². The summed E-state index contributed by atoms with van der Waals surface area (Å²) in [4.78, 5) is 0.239. The summed E-state index contributed by atoms with van der Waals surface area (Å²) in [5.74, 6) is 0.576. The van der Waals surface area contributed by atoms with Gasteiger partial charge in [-0.15, -0.1) is 10.2 Å². The fourth-order valence-electron chi connectivity index (χ4n) is 2.31. The molecule has 3 rings (SSSR count). The van der Waals surface area contributed by atoms with Gasteiger partial charge in [-0.05, 0) is 37.6 Å². The van der Waals surface area contributed by atoms with Crippen LogP contribution in [0.5, 0.6) is 0 Å². The van der Waals surface area contributed by atoms with E-state index in [0.717, 1.165) is 11.1 Å². The van der Waals surface area contributed by atoms with E-state index in [-0.39, 0.29) is 17.3 Å². The molecule has 7 heteroatoms. The number of hydrogen-bond donors (Lipinski definition) is 1. The fraction of sp³-hybridized carbons (Fsp3) is 0.176. The first-order valence-corrected chi connectivity index (χ1v) is 8.89. The SMILES string of the molecule is Cc1cccc(-c2nnc(CNS(=O)(=O)c3ccccc3C)o2)c1. The molecule has 0 spiro atoms. The van der Waals surface area contributed by atoms with Gasteiger partial charge in [-0.2, -0.15) is 0 Å². The molecule has 0 saturated heterocycles. The molecule has 6 nitrogen and oxygen atoms in total. The summed E-state index contributed by atoms with van der Waals surface area (Å²) in [5, 5.41) is 7.86. The van der Waals surface area contributed by atoms with Crippen LogP contribution in [-0.4, -0.2) is 18.6 Å². The number of aryl methyl sites for hydroxylation is 2. The Morgan fingerprint density at radius 2 is 1.83 bits per heavy atom. The molecule has 0 saturated carbocycles. The molecule has 1 heterocycles. The van der Waals surface area contributed by atoms with Gasteiger partial charge in [-0.3, -0.25) is 0 Å². The van der Waals surface area contributed by atoms with Crippen molar-refractivity contribution in [3.05, 3.63) is 65.5 Å². The second kappa shape index (κ2) is 6.54. The van der Waals surface area contributed by atoms with E-state index in [4.69, 9.17) is 4.42 Å². The van der Waals surface area contributed by atoms with E-state index in [0.29, 0.717) is 11.5 Å². The fourth-order valence-corrected chi connectivity index (χ4v) is 3.53. The standard InChI is InChI=1S/C17H17N3O3S/c1-12-6-5-8-14(10-12)17-20-19-16(23-17)11-18-24(21,22)15-9-4-3-7-13(15)2/h3-10,18H,11H2,1-2H3. The van der Waals surface area contributed by atoms with Crippen molar-refractivity contribution in [3.8, 4) is 11.5 Å². The molecule has 124 valence electrons. The summed E-state index contributed by atoms with van der Waals surface area (Å²) in [5.41, 5.74) is 2.55. The number of nitrogens with zero attached hydrogens (tertiary/aromatic N) is 2. The normalized spacial score (nSPS) is 11.6. The lowest BCUT2D eigenvalue weighted by atomic mass is 10.1. The molecular weight excluding hydrogens is 326 g/mol. The quantitative estimate of drug-likeness (QED) is 0.770. The molecule has 0 fully saturated rings. The zero-order chi connectivity index (χ0) is 17.2. The predicted octanol–water partition coefficient (Wildman–Crippen LogP) is 2.83. The highest BCUT2D eigenvalue weighted by Crippen LogP contribution is 2.19. The summed E-state index contributed by atoms with van der Waals surface area (Å²) in [6.45, 7) is 3.66. The summed E-state index contributed by atoms with van der Waals surface area (Å²) in [6, 6.07) is 14.4. The molecular formula is C17H17N3O3S. The number of nitrogens with one attached hydrogen (secondary N) is 1.